The molecule has 0 heterocycles. The molecule has 2 heteroatoms. The van der Waals surface area contributed by atoms with Crippen LogP contribution in [0.4, 0.5) is 0 Å². The molecule has 3 atom stereocenters. The van der Waals surface area contributed by atoms with Crippen molar-refractivity contribution >= 4 is 0 Å². The second-order valence-electron chi connectivity index (χ2n) is 8.31. The van der Waals surface area contributed by atoms with Gasteiger partial charge in [-0.05, 0) is 59.6 Å². The minimum Gasteiger partial charge on any atom is -0.368 e. The van der Waals surface area contributed by atoms with Crippen molar-refractivity contribution in [1.29, 1.82) is 0 Å². The highest BCUT2D eigenvalue weighted by Crippen LogP contribution is 2.58. The molecule has 1 aromatic rings. The molecule has 1 fully saturated rings. The summed E-state index contributed by atoms with van der Waals surface area (Å²) in [6.07, 6.45) is 4.08. The van der Waals surface area contributed by atoms with Crippen LogP contribution < -0.4 is 0 Å². The highest BCUT2D eigenvalue weighted by molar-refractivity contribution is 5.42. The predicted molar refractivity (Wildman–Crippen MR) is 89.9 cm³/mol. The van der Waals surface area contributed by atoms with E-state index in [1.54, 1.807) is 0 Å². The van der Waals surface area contributed by atoms with Gasteiger partial charge in [-0.3, -0.25) is 0 Å². The normalized spacial score (nSPS) is 34.6. The third-order valence-corrected chi connectivity index (χ3v) is 6.68. The first-order chi connectivity index (χ1) is 10.3. The van der Waals surface area contributed by atoms with Crippen LogP contribution in [0.1, 0.15) is 76.0 Å². The summed E-state index contributed by atoms with van der Waals surface area (Å²) in [4.78, 5) is 0. The molecule has 0 radical (unpaired) electrons. The molecular weight excluding hydrogens is 272 g/mol. The number of hydrogen-bond donors (Lipinski definition) is 2. The molecule has 1 aromatic carbocycles. The quantitative estimate of drug-likeness (QED) is 0.806. The van der Waals surface area contributed by atoms with Crippen molar-refractivity contribution in [2.24, 2.45) is 11.3 Å². The van der Waals surface area contributed by atoms with Gasteiger partial charge in [0.15, 0.2) is 6.29 Å². The molecule has 0 saturated heterocycles. The molecule has 2 N–H and O–H groups in total. The molecule has 2 aliphatic rings. The van der Waals surface area contributed by atoms with Gasteiger partial charge in [0.2, 0.25) is 0 Å². The lowest BCUT2D eigenvalue weighted by molar-refractivity contribution is -0.179. The van der Waals surface area contributed by atoms with E-state index in [9.17, 15) is 10.2 Å². The first kappa shape index (κ1) is 16.0. The molecule has 1 unspecified atom stereocenters. The van der Waals surface area contributed by atoms with Crippen LogP contribution in [0, 0.1) is 11.3 Å². The van der Waals surface area contributed by atoms with Crippen LogP contribution in [0.25, 0.3) is 0 Å². The maximum absolute atomic E-state index is 10.0. The summed E-state index contributed by atoms with van der Waals surface area (Å²) < 4.78 is 0. The molecule has 122 valence electrons. The van der Waals surface area contributed by atoms with E-state index in [2.05, 4.69) is 45.9 Å². The van der Waals surface area contributed by atoms with Gasteiger partial charge >= 0.3 is 0 Å². The Morgan fingerprint density at radius 3 is 2.50 bits per heavy atom. The van der Waals surface area contributed by atoms with Crippen molar-refractivity contribution in [3.63, 3.8) is 0 Å². The lowest BCUT2D eigenvalue weighted by Crippen LogP contribution is -2.53. The summed E-state index contributed by atoms with van der Waals surface area (Å²) in [7, 11) is 0. The van der Waals surface area contributed by atoms with Gasteiger partial charge < -0.3 is 10.2 Å². The molecule has 0 aromatic heterocycles. The lowest BCUT2D eigenvalue weighted by Gasteiger charge is -2.56. The molecule has 22 heavy (non-hydrogen) atoms. The zero-order valence-electron chi connectivity index (χ0n) is 14.4. The van der Waals surface area contributed by atoms with Gasteiger partial charge in [-0.2, -0.15) is 0 Å². The van der Waals surface area contributed by atoms with Crippen LogP contribution >= 0.6 is 0 Å². The van der Waals surface area contributed by atoms with Crippen LogP contribution in [-0.4, -0.2) is 16.5 Å². The smallest absolute Gasteiger partial charge is 0.157 e. The van der Waals surface area contributed by atoms with Crippen molar-refractivity contribution in [3.05, 3.63) is 34.9 Å². The standard InChI is InChI=1S/C20H30O2/c1-13(2)14-6-8-16-15(12-14)7-9-17-19(16,3)10-5-11-20(17,4)18(21)22/h6,8,12-13,17-18,21-22H,5,7,9-11H2,1-4H3/t17?,19-,20-/m1/s1. The molecule has 0 amide bonds. The summed E-state index contributed by atoms with van der Waals surface area (Å²) in [5.41, 5.74) is 4.07. The van der Waals surface area contributed by atoms with Crippen molar-refractivity contribution in [2.45, 2.75) is 77.4 Å². The average molecular weight is 302 g/mol. The lowest BCUT2D eigenvalue weighted by atomic mass is 9.49. The third-order valence-electron chi connectivity index (χ3n) is 6.68. The first-order valence-corrected chi connectivity index (χ1v) is 8.78. The minimum atomic E-state index is -1.21. The van der Waals surface area contributed by atoms with Crippen LogP contribution in [0.2, 0.25) is 0 Å². The van der Waals surface area contributed by atoms with Gasteiger partial charge in [-0.25, -0.2) is 0 Å². The minimum absolute atomic E-state index is 0.0831. The van der Waals surface area contributed by atoms with E-state index in [-0.39, 0.29) is 10.8 Å². The van der Waals surface area contributed by atoms with E-state index < -0.39 is 6.29 Å². The van der Waals surface area contributed by atoms with Gasteiger partial charge in [-0.1, -0.05) is 52.3 Å². The summed E-state index contributed by atoms with van der Waals surface area (Å²) in [5.74, 6) is 0.915. The maximum atomic E-state index is 10.0. The number of hydrogen-bond acceptors (Lipinski definition) is 2. The van der Waals surface area contributed by atoms with Crippen molar-refractivity contribution in [1.82, 2.24) is 0 Å². The Hall–Kier alpha value is -0.860. The maximum Gasteiger partial charge on any atom is 0.157 e. The Morgan fingerprint density at radius 1 is 1.14 bits per heavy atom. The Bertz CT molecular complexity index is 563. The van der Waals surface area contributed by atoms with Crippen molar-refractivity contribution in [3.8, 4) is 0 Å². The molecular formula is C20H30O2. The van der Waals surface area contributed by atoms with E-state index >= 15 is 0 Å². The zero-order chi connectivity index (χ0) is 16.1. The number of benzene rings is 1. The second kappa shape index (κ2) is 5.35. The Morgan fingerprint density at radius 2 is 1.86 bits per heavy atom. The molecule has 2 aliphatic carbocycles. The molecule has 2 nitrogen and oxygen atoms in total. The largest absolute Gasteiger partial charge is 0.368 e. The monoisotopic (exact) mass is 302 g/mol. The average Bonchev–Trinajstić information content (AvgIpc) is 2.46. The fourth-order valence-corrected chi connectivity index (χ4v) is 5.23. The van der Waals surface area contributed by atoms with E-state index in [0.29, 0.717) is 11.8 Å². The van der Waals surface area contributed by atoms with Crippen molar-refractivity contribution < 1.29 is 10.2 Å². The highest BCUT2D eigenvalue weighted by Gasteiger charge is 2.54. The van der Waals surface area contributed by atoms with Gasteiger partial charge in [0.25, 0.3) is 0 Å². The zero-order valence-corrected chi connectivity index (χ0v) is 14.4. The third kappa shape index (κ3) is 2.23. The first-order valence-electron chi connectivity index (χ1n) is 8.78. The van der Waals surface area contributed by atoms with E-state index in [1.165, 1.54) is 16.7 Å². The Kier molecular flexibility index (Phi) is 3.89. The Balaban J connectivity index is 2.06. The second-order valence-corrected chi connectivity index (χ2v) is 8.31. The topological polar surface area (TPSA) is 40.5 Å². The van der Waals surface area contributed by atoms with Gasteiger partial charge in [0, 0.05) is 5.41 Å². The highest BCUT2D eigenvalue weighted by atomic mass is 16.5. The van der Waals surface area contributed by atoms with Crippen LogP contribution in [-0.2, 0) is 11.8 Å². The number of aliphatic hydroxyl groups excluding tert-OH is 1. The van der Waals surface area contributed by atoms with E-state index in [4.69, 9.17) is 0 Å². The molecule has 1 saturated carbocycles. The fraction of sp³-hybridized carbons (Fsp3) is 0.700. The number of aryl methyl sites for hydroxylation is 1. The van der Waals surface area contributed by atoms with Gasteiger partial charge in [0.1, 0.15) is 0 Å². The van der Waals surface area contributed by atoms with Crippen LogP contribution in [0.5, 0.6) is 0 Å². The van der Waals surface area contributed by atoms with Crippen LogP contribution in [0.15, 0.2) is 18.2 Å². The van der Waals surface area contributed by atoms with E-state index in [0.717, 1.165) is 32.1 Å². The molecule has 0 aliphatic heterocycles. The molecule has 0 spiro atoms. The van der Waals surface area contributed by atoms with Gasteiger partial charge in [-0.15, -0.1) is 0 Å². The SMILES string of the molecule is CC(C)c1ccc2c(c1)CCC1[C@](C)(C(O)O)CCC[C@]21C. The summed E-state index contributed by atoms with van der Waals surface area (Å²) in [6, 6.07) is 6.99. The summed E-state index contributed by atoms with van der Waals surface area (Å²) in [6.45, 7) is 8.92. The number of aliphatic hydroxyl groups is 2. The number of rotatable bonds is 2. The van der Waals surface area contributed by atoms with E-state index in [1.807, 2.05) is 0 Å². The van der Waals surface area contributed by atoms with Crippen molar-refractivity contribution in [2.75, 3.05) is 0 Å². The number of fused-ring (bicyclic) bond motifs is 3. The summed E-state index contributed by atoms with van der Waals surface area (Å²) in [5, 5.41) is 20.0. The summed E-state index contributed by atoms with van der Waals surface area (Å²) >= 11 is 0. The molecule has 0 bridgehead atoms. The molecule has 3 rings (SSSR count). The van der Waals surface area contributed by atoms with Gasteiger partial charge in [0.05, 0.1) is 0 Å². The Labute approximate surface area is 134 Å². The van der Waals surface area contributed by atoms with Crippen LogP contribution in [0.3, 0.4) is 0 Å². The predicted octanol–water partition coefficient (Wildman–Crippen LogP) is 4.13. The fourth-order valence-electron chi connectivity index (χ4n) is 5.23.